The molecule has 0 amide bonds. The van der Waals surface area contributed by atoms with Crippen LogP contribution in [0.25, 0.3) is 0 Å². The second-order valence-electron chi connectivity index (χ2n) is 6.70. The van der Waals surface area contributed by atoms with Crippen molar-refractivity contribution >= 4 is 0 Å². The van der Waals surface area contributed by atoms with Gasteiger partial charge < -0.3 is 5.11 Å². The van der Waals surface area contributed by atoms with Crippen LogP contribution in [-0.2, 0) is 13.1 Å². The number of benzene rings is 2. The van der Waals surface area contributed by atoms with E-state index in [9.17, 15) is 18.3 Å². The lowest BCUT2D eigenvalue weighted by atomic mass is 10.1. The van der Waals surface area contributed by atoms with E-state index in [2.05, 4.69) is 4.90 Å². The highest BCUT2D eigenvalue weighted by molar-refractivity contribution is 5.20. The summed E-state index contributed by atoms with van der Waals surface area (Å²) in [4.78, 5) is 4.25. The quantitative estimate of drug-likeness (QED) is 0.853. The SMILES string of the molecule is OCC[C@H]1CN(Cc2c(F)cccc2F)CCN1Cc1ccc(F)cc1. The maximum atomic E-state index is 13.9. The van der Waals surface area contributed by atoms with Crippen molar-refractivity contribution in [1.29, 1.82) is 0 Å². The van der Waals surface area contributed by atoms with E-state index in [-0.39, 0.29) is 30.6 Å². The first-order valence-electron chi connectivity index (χ1n) is 8.81. The number of halogens is 3. The Bertz CT molecular complexity index is 703. The van der Waals surface area contributed by atoms with Gasteiger partial charge in [-0.25, -0.2) is 13.2 Å². The molecule has 3 nitrogen and oxygen atoms in total. The summed E-state index contributed by atoms with van der Waals surface area (Å²) in [6, 6.07) is 10.4. The van der Waals surface area contributed by atoms with Crippen LogP contribution in [0.5, 0.6) is 0 Å². The Balaban J connectivity index is 1.66. The standard InChI is InChI=1S/C20H23F3N2O/c21-16-6-4-15(5-7-16)12-25-10-9-24(13-17(25)8-11-26)14-18-19(22)2-1-3-20(18)23/h1-7,17,26H,8-14H2/t17-/m0/s1. The van der Waals surface area contributed by atoms with E-state index in [0.29, 0.717) is 26.1 Å². The molecule has 0 unspecified atom stereocenters. The Labute approximate surface area is 151 Å². The number of piperazine rings is 1. The Morgan fingerprint density at radius 2 is 1.62 bits per heavy atom. The normalized spacial score (nSPS) is 19.0. The third kappa shape index (κ3) is 4.63. The van der Waals surface area contributed by atoms with Gasteiger partial charge in [-0.1, -0.05) is 18.2 Å². The minimum Gasteiger partial charge on any atom is -0.396 e. The fraction of sp³-hybridized carbons (Fsp3) is 0.400. The average molecular weight is 364 g/mol. The van der Waals surface area contributed by atoms with Gasteiger partial charge in [0, 0.05) is 50.9 Å². The molecular weight excluding hydrogens is 341 g/mol. The molecule has 2 aromatic rings. The van der Waals surface area contributed by atoms with E-state index >= 15 is 0 Å². The minimum atomic E-state index is -0.530. The molecule has 1 N–H and O–H groups in total. The Morgan fingerprint density at radius 3 is 2.27 bits per heavy atom. The summed E-state index contributed by atoms with van der Waals surface area (Å²) in [7, 11) is 0. The summed E-state index contributed by atoms with van der Waals surface area (Å²) < 4.78 is 40.9. The van der Waals surface area contributed by atoms with Crippen LogP contribution in [0.3, 0.4) is 0 Å². The van der Waals surface area contributed by atoms with E-state index in [1.54, 1.807) is 12.1 Å². The number of nitrogens with zero attached hydrogens (tertiary/aromatic N) is 2. The third-order valence-electron chi connectivity index (χ3n) is 4.89. The minimum absolute atomic E-state index is 0.0481. The molecule has 1 aliphatic rings. The van der Waals surface area contributed by atoms with Crippen molar-refractivity contribution < 1.29 is 18.3 Å². The van der Waals surface area contributed by atoms with Gasteiger partial charge in [0.05, 0.1) is 0 Å². The Morgan fingerprint density at radius 1 is 0.923 bits per heavy atom. The van der Waals surface area contributed by atoms with Crippen LogP contribution in [0.2, 0.25) is 0 Å². The highest BCUT2D eigenvalue weighted by atomic mass is 19.1. The topological polar surface area (TPSA) is 26.7 Å². The molecule has 1 heterocycles. The molecular formula is C20H23F3N2O. The molecule has 6 heteroatoms. The van der Waals surface area contributed by atoms with Gasteiger partial charge in [-0.2, -0.15) is 0 Å². The lowest BCUT2D eigenvalue weighted by molar-refractivity contribution is 0.0489. The number of aliphatic hydroxyl groups excluding tert-OH is 1. The zero-order valence-electron chi connectivity index (χ0n) is 14.5. The molecule has 1 atom stereocenters. The molecule has 1 saturated heterocycles. The maximum absolute atomic E-state index is 13.9. The molecule has 1 aliphatic heterocycles. The van der Waals surface area contributed by atoms with Gasteiger partial charge in [-0.15, -0.1) is 0 Å². The smallest absolute Gasteiger partial charge is 0.130 e. The van der Waals surface area contributed by atoms with Gasteiger partial charge in [0.2, 0.25) is 0 Å². The van der Waals surface area contributed by atoms with Gasteiger partial charge in [-0.05, 0) is 36.2 Å². The lowest BCUT2D eigenvalue weighted by Crippen LogP contribution is -2.52. The van der Waals surface area contributed by atoms with Crippen LogP contribution in [0.4, 0.5) is 13.2 Å². The zero-order valence-corrected chi connectivity index (χ0v) is 14.5. The first-order chi connectivity index (χ1) is 12.6. The van der Waals surface area contributed by atoms with Crippen LogP contribution in [0, 0.1) is 17.5 Å². The van der Waals surface area contributed by atoms with Crippen LogP contribution in [0.15, 0.2) is 42.5 Å². The van der Waals surface area contributed by atoms with Crippen molar-refractivity contribution in [2.24, 2.45) is 0 Å². The van der Waals surface area contributed by atoms with Crippen molar-refractivity contribution in [3.8, 4) is 0 Å². The summed E-state index contributed by atoms with van der Waals surface area (Å²) >= 11 is 0. The van der Waals surface area contributed by atoms with Crippen molar-refractivity contribution in [3.63, 3.8) is 0 Å². The van der Waals surface area contributed by atoms with E-state index < -0.39 is 11.6 Å². The van der Waals surface area contributed by atoms with Crippen LogP contribution in [0.1, 0.15) is 17.5 Å². The molecule has 140 valence electrons. The second kappa shape index (κ2) is 8.66. The monoisotopic (exact) mass is 364 g/mol. The summed E-state index contributed by atoms with van der Waals surface area (Å²) in [5, 5.41) is 9.39. The average Bonchev–Trinajstić information content (AvgIpc) is 2.62. The molecule has 0 bridgehead atoms. The molecule has 0 spiro atoms. The van der Waals surface area contributed by atoms with Crippen molar-refractivity contribution in [2.75, 3.05) is 26.2 Å². The largest absolute Gasteiger partial charge is 0.396 e. The van der Waals surface area contributed by atoms with Gasteiger partial charge in [0.15, 0.2) is 0 Å². The Hall–Kier alpha value is -1.89. The molecule has 26 heavy (non-hydrogen) atoms. The fourth-order valence-corrected chi connectivity index (χ4v) is 3.46. The van der Waals surface area contributed by atoms with Crippen LogP contribution < -0.4 is 0 Å². The predicted molar refractivity (Wildman–Crippen MR) is 93.9 cm³/mol. The van der Waals surface area contributed by atoms with E-state index in [1.165, 1.54) is 30.3 Å². The third-order valence-corrected chi connectivity index (χ3v) is 4.89. The van der Waals surface area contributed by atoms with Gasteiger partial charge in [-0.3, -0.25) is 9.80 Å². The highest BCUT2D eigenvalue weighted by Crippen LogP contribution is 2.21. The van der Waals surface area contributed by atoms with Gasteiger partial charge >= 0.3 is 0 Å². The van der Waals surface area contributed by atoms with Crippen molar-refractivity contribution in [3.05, 3.63) is 71.0 Å². The van der Waals surface area contributed by atoms with Crippen LogP contribution in [-0.4, -0.2) is 47.2 Å². The maximum Gasteiger partial charge on any atom is 0.130 e. The molecule has 0 saturated carbocycles. The van der Waals surface area contributed by atoms with Crippen LogP contribution >= 0.6 is 0 Å². The molecule has 3 rings (SSSR count). The van der Waals surface area contributed by atoms with E-state index in [0.717, 1.165) is 12.1 Å². The Kier molecular flexibility index (Phi) is 6.29. The van der Waals surface area contributed by atoms with E-state index in [4.69, 9.17) is 0 Å². The summed E-state index contributed by atoms with van der Waals surface area (Å²) in [6.45, 7) is 2.94. The van der Waals surface area contributed by atoms with E-state index in [1.807, 2.05) is 4.90 Å². The number of rotatable bonds is 6. The first kappa shape index (κ1) is 18.9. The number of aliphatic hydroxyl groups is 1. The zero-order chi connectivity index (χ0) is 18.5. The van der Waals surface area contributed by atoms with Gasteiger partial charge in [0.1, 0.15) is 17.5 Å². The molecule has 2 aromatic carbocycles. The van der Waals surface area contributed by atoms with Crippen molar-refractivity contribution in [2.45, 2.75) is 25.6 Å². The summed E-state index contributed by atoms with van der Waals surface area (Å²) in [6.07, 6.45) is 0.581. The lowest BCUT2D eigenvalue weighted by Gasteiger charge is -2.41. The second-order valence-corrected chi connectivity index (χ2v) is 6.70. The highest BCUT2D eigenvalue weighted by Gasteiger charge is 2.27. The van der Waals surface area contributed by atoms with Gasteiger partial charge in [0.25, 0.3) is 0 Å². The number of hydrogen-bond donors (Lipinski definition) is 1. The van der Waals surface area contributed by atoms with Crippen molar-refractivity contribution in [1.82, 2.24) is 9.80 Å². The number of hydrogen-bond acceptors (Lipinski definition) is 3. The molecule has 0 aliphatic carbocycles. The first-order valence-corrected chi connectivity index (χ1v) is 8.81. The molecule has 1 fully saturated rings. The molecule has 0 radical (unpaired) electrons. The fourth-order valence-electron chi connectivity index (χ4n) is 3.46. The summed E-state index contributed by atoms with van der Waals surface area (Å²) in [5.41, 5.74) is 1.09. The molecule has 0 aromatic heterocycles. The summed E-state index contributed by atoms with van der Waals surface area (Å²) in [5.74, 6) is -1.33. The predicted octanol–water partition coefficient (Wildman–Crippen LogP) is 3.17.